The summed E-state index contributed by atoms with van der Waals surface area (Å²) in [5.74, 6) is 0.449. The van der Waals surface area contributed by atoms with Crippen LogP contribution in [0.25, 0.3) is 10.2 Å². The lowest BCUT2D eigenvalue weighted by atomic mass is 10.2. The highest BCUT2D eigenvalue weighted by Gasteiger charge is 2.12. The second-order valence-electron chi connectivity index (χ2n) is 5.06. The molecule has 2 N–H and O–H groups in total. The standard InChI is InChI=1S/C15H13N5O3S/c1-8-9(2)24-15-13(8)14(16-7-17-15)19-18-6-10-5-11(20(22)23)3-4-12(10)21/h3-7,21H,1-2H3,(H,16,17,19)/b18-6+. The maximum Gasteiger partial charge on any atom is 0.270 e. The molecule has 2 heterocycles. The number of aromatic hydroxyl groups is 1. The van der Waals surface area contributed by atoms with Crippen molar-refractivity contribution >= 4 is 39.3 Å². The van der Waals surface area contributed by atoms with Crippen LogP contribution in [0.3, 0.4) is 0 Å². The SMILES string of the molecule is Cc1sc2ncnc(N/N=C/c3cc([N+](=O)[O-])ccc3O)c2c1C. The van der Waals surface area contributed by atoms with E-state index < -0.39 is 4.92 Å². The molecule has 8 nitrogen and oxygen atoms in total. The van der Waals surface area contributed by atoms with Crippen molar-refractivity contribution < 1.29 is 10.0 Å². The molecule has 0 radical (unpaired) electrons. The van der Waals surface area contributed by atoms with Gasteiger partial charge in [0.15, 0.2) is 5.82 Å². The molecule has 0 saturated heterocycles. The number of aryl methyl sites for hydroxylation is 2. The average Bonchev–Trinajstić information content (AvgIpc) is 2.84. The lowest BCUT2D eigenvalue weighted by Gasteiger charge is -2.02. The molecular weight excluding hydrogens is 330 g/mol. The highest BCUT2D eigenvalue weighted by atomic mass is 32.1. The van der Waals surface area contributed by atoms with Crippen LogP contribution < -0.4 is 5.43 Å². The van der Waals surface area contributed by atoms with Crippen LogP contribution in [0.4, 0.5) is 11.5 Å². The first-order valence-corrected chi connectivity index (χ1v) is 7.76. The minimum atomic E-state index is -0.532. The molecule has 24 heavy (non-hydrogen) atoms. The number of phenols is 1. The lowest BCUT2D eigenvalue weighted by Crippen LogP contribution is -1.96. The fourth-order valence-electron chi connectivity index (χ4n) is 2.19. The van der Waals surface area contributed by atoms with Gasteiger partial charge in [0.25, 0.3) is 5.69 Å². The Morgan fingerprint density at radius 2 is 2.17 bits per heavy atom. The number of phenolic OH excluding ortho intramolecular Hbond substituents is 1. The Kier molecular flexibility index (Phi) is 4.09. The number of benzene rings is 1. The Morgan fingerprint density at radius 3 is 2.92 bits per heavy atom. The normalized spacial score (nSPS) is 11.2. The number of anilines is 1. The summed E-state index contributed by atoms with van der Waals surface area (Å²) in [5.41, 5.74) is 4.00. The smallest absolute Gasteiger partial charge is 0.270 e. The highest BCUT2D eigenvalue weighted by Crippen LogP contribution is 2.32. The van der Waals surface area contributed by atoms with E-state index in [-0.39, 0.29) is 17.0 Å². The second-order valence-corrected chi connectivity index (χ2v) is 6.26. The summed E-state index contributed by atoms with van der Waals surface area (Å²) >= 11 is 1.57. The van der Waals surface area contributed by atoms with Gasteiger partial charge in [0, 0.05) is 22.6 Å². The Hall–Kier alpha value is -3.07. The number of nitro benzene ring substituents is 1. The molecule has 0 fully saturated rings. The highest BCUT2D eigenvalue weighted by molar-refractivity contribution is 7.18. The molecule has 0 spiro atoms. The van der Waals surface area contributed by atoms with E-state index in [0.29, 0.717) is 5.82 Å². The summed E-state index contributed by atoms with van der Waals surface area (Å²) in [7, 11) is 0. The minimum Gasteiger partial charge on any atom is -0.507 e. The van der Waals surface area contributed by atoms with E-state index in [4.69, 9.17) is 0 Å². The number of non-ortho nitro benzene ring substituents is 1. The number of fused-ring (bicyclic) bond motifs is 1. The topological polar surface area (TPSA) is 114 Å². The van der Waals surface area contributed by atoms with E-state index in [9.17, 15) is 15.2 Å². The lowest BCUT2D eigenvalue weighted by molar-refractivity contribution is -0.384. The second kappa shape index (κ2) is 6.20. The van der Waals surface area contributed by atoms with Gasteiger partial charge in [-0.15, -0.1) is 11.3 Å². The monoisotopic (exact) mass is 343 g/mol. The van der Waals surface area contributed by atoms with E-state index in [0.717, 1.165) is 20.7 Å². The number of rotatable bonds is 4. The number of nitro groups is 1. The van der Waals surface area contributed by atoms with Gasteiger partial charge >= 0.3 is 0 Å². The molecule has 0 bridgehead atoms. The van der Waals surface area contributed by atoms with E-state index in [2.05, 4.69) is 20.5 Å². The summed E-state index contributed by atoms with van der Waals surface area (Å²) in [6.45, 7) is 3.99. The van der Waals surface area contributed by atoms with Crippen molar-refractivity contribution in [2.24, 2.45) is 5.10 Å². The van der Waals surface area contributed by atoms with Crippen molar-refractivity contribution in [1.29, 1.82) is 0 Å². The Balaban J connectivity index is 1.90. The third kappa shape index (κ3) is 2.88. The number of nitrogens with one attached hydrogen (secondary N) is 1. The van der Waals surface area contributed by atoms with Crippen molar-refractivity contribution in [3.63, 3.8) is 0 Å². The number of nitrogens with zero attached hydrogens (tertiary/aromatic N) is 4. The molecular formula is C15H13N5O3S. The molecule has 0 atom stereocenters. The third-order valence-corrected chi connectivity index (χ3v) is 4.68. The molecule has 0 unspecified atom stereocenters. The predicted molar refractivity (Wildman–Crippen MR) is 92.9 cm³/mol. The van der Waals surface area contributed by atoms with Crippen LogP contribution >= 0.6 is 11.3 Å². The van der Waals surface area contributed by atoms with Gasteiger partial charge in [-0.1, -0.05) is 0 Å². The molecule has 0 aliphatic carbocycles. The van der Waals surface area contributed by atoms with Gasteiger partial charge < -0.3 is 5.11 Å². The summed E-state index contributed by atoms with van der Waals surface area (Å²) in [5, 5.41) is 25.5. The molecule has 1 aromatic carbocycles. The molecule has 122 valence electrons. The number of aromatic nitrogens is 2. The first kappa shape index (κ1) is 15.8. The predicted octanol–water partition coefficient (Wildman–Crippen LogP) is 3.37. The Morgan fingerprint density at radius 1 is 1.38 bits per heavy atom. The van der Waals surface area contributed by atoms with Crippen molar-refractivity contribution in [3.8, 4) is 5.75 Å². The molecule has 0 amide bonds. The van der Waals surface area contributed by atoms with E-state index in [1.807, 2.05) is 13.8 Å². The van der Waals surface area contributed by atoms with Crippen molar-refractivity contribution in [3.05, 3.63) is 50.6 Å². The van der Waals surface area contributed by atoms with Crippen molar-refractivity contribution in [1.82, 2.24) is 9.97 Å². The summed E-state index contributed by atoms with van der Waals surface area (Å²) < 4.78 is 0. The number of thiophene rings is 1. The van der Waals surface area contributed by atoms with Crippen LogP contribution in [0.1, 0.15) is 16.0 Å². The molecule has 3 rings (SSSR count). The largest absolute Gasteiger partial charge is 0.507 e. The quantitative estimate of drug-likeness (QED) is 0.426. The van der Waals surface area contributed by atoms with Crippen LogP contribution in [-0.4, -0.2) is 26.2 Å². The summed E-state index contributed by atoms with van der Waals surface area (Å²) in [4.78, 5) is 20.7. The van der Waals surface area contributed by atoms with Gasteiger partial charge in [-0.2, -0.15) is 5.10 Å². The van der Waals surface area contributed by atoms with Crippen LogP contribution in [0.2, 0.25) is 0 Å². The van der Waals surface area contributed by atoms with Gasteiger partial charge in [-0.3, -0.25) is 15.5 Å². The first-order chi connectivity index (χ1) is 11.5. The molecule has 9 heteroatoms. The fourth-order valence-corrected chi connectivity index (χ4v) is 3.19. The molecule has 3 aromatic rings. The Bertz CT molecular complexity index is 967. The van der Waals surface area contributed by atoms with E-state index in [1.165, 1.54) is 30.7 Å². The molecule has 2 aromatic heterocycles. The molecule has 0 aliphatic rings. The van der Waals surface area contributed by atoms with Crippen LogP contribution in [-0.2, 0) is 0 Å². The maximum absolute atomic E-state index is 10.8. The maximum atomic E-state index is 10.8. The van der Waals surface area contributed by atoms with Gasteiger partial charge in [0.1, 0.15) is 16.9 Å². The van der Waals surface area contributed by atoms with Crippen molar-refractivity contribution in [2.45, 2.75) is 13.8 Å². The van der Waals surface area contributed by atoms with E-state index in [1.54, 1.807) is 11.3 Å². The Labute approximate surface area is 140 Å². The summed E-state index contributed by atoms with van der Waals surface area (Å²) in [6, 6.07) is 3.73. The fraction of sp³-hybridized carbons (Fsp3) is 0.133. The van der Waals surface area contributed by atoms with Gasteiger partial charge in [-0.05, 0) is 25.5 Å². The van der Waals surface area contributed by atoms with Crippen LogP contribution in [0.15, 0.2) is 29.6 Å². The molecule has 0 saturated carbocycles. The third-order valence-electron chi connectivity index (χ3n) is 3.56. The zero-order chi connectivity index (χ0) is 17.3. The first-order valence-electron chi connectivity index (χ1n) is 6.94. The van der Waals surface area contributed by atoms with Crippen molar-refractivity contribution in [2.75, 3.05) is 5.43 Å². The van der Waals surface area contributed by atoms with Crippen LogP contribution in [0.5, 0.6) is 5.75 Å². The van der Waals surface area contributed by atoms with Gasteiger partial charge in [0.05, 0.1) is 16.5 Å². The van der Waals surface area contributed by atoms with Crippen LogP contribution in [0, 0.1) is 24.0 Å². The van der Waals surface area contributed by atoms with E-state index >= 15 is 0 Å². The number of hydrogen-bond acceptors (Lipinski definition) is 8. The minimum absolute atomic E-state index is 0.0958. The number of hydrazone groups is 1. The zero-order valence-corrected chi connectivity index (χ0v) is 13.7. The number of hydrogen-bond donors (Lipinski definition) is 2. The summed E-state index contributed by atoms with van der Waals surface area (Å²) in [6.07, 6.45) is 2.76. The molecule has 0 aliphatic heterocycles. The van der Waals surface area contributed by atoms with Gasteiger partial charge in [-0.25, -0.2) is 9.97 Å². The van der Waals surface area contributed by atoms with Gasteiger partial charge in [0.2, 0.25) is 0 Å². The average molecular weight is 343 g/mol. The zero-order valence-electron chi connectivity index (χ0n) is 12.8.